The van der Waals surface area contributed by atoms with Crippen LogP contribution in [0.5, 0.6) is 23.0 Å². The van der Waals surface area contributed by atoms with Crippen molar-refractivity contribution in [1.29, 1.82) is 0 Å². The zero-order chi connectivity index (χ0) is 21.5. The molecule has 0 aromatic heterocycles. The topological polar surface area (TPSA) is 36.9 Å². The van der Waals surface area contributed by atoms with Crippen LogP contribution in [-0.2, 0) is 0 Å². The predicted molar refractivity (Wildman–Crippen MR) is 125 cm³/mol. The Morgan fingerprint density at radius 3 is 1.30 bits per heavy atom. The fourth-order valence-corrected chi connectivity index (χ4v) is 5.68. The lowest BCUT2D eigenvalue weighted by atomic mass is 10.0. The second-order valence-corrected chi connectivity index (χ2v) is 13.1. The average Bonchev–Trinajstić information content (AvgIpc) is 2.66. The Balaban J connectivity index is 2.01. The van der Waals surface area contributed by atoms with Gasteiger partial charge in [-0.2, -0.15) is 0 Å². The van der Waals surface area contributed by atoms with Gasteiger partial charge in [0.2, 0.25) is 0 Å². The average molecular weight is 447 g/mol. The van der Waals surface area contributed by atoms with Crippen LogP contribution in [0.2, 0.25) is 0 Å². The summed E-state index contributed by atoms with van der Waals surface area (Å²) in [5.74, 6) is 3.17. The van der Waals surface area contributed by atoms with E-state index in [0.29, 0.717) is 26.4 Å². The lowest BCUT2D eigenvalue weighted by Crippen LogP contribution is -2.19. The number of rotatable bonds is 3. The SMILES string of the molecule is CC(C)(C)Sc1ccc2c(c1-c1c(SC(C)(C)C)ccc3c1OCCO3)OCCO2. The van der Waals surface area contributed by atoms with Gasteiger partial charge in [-0.3, -0.25) is 0 Å². The zero-order valence-corrected chi connectivity index (χ0v) is 20.2. The van der Waals surface area contributed by atoms with Gasteiger partial charge in [-0.1, -0.05) is 41.5 Å². The van der Waals surface area contributed by atoms with Gasteiger partial charge in [0.15, 0.2) is 23.0 Å². The first-order chi connectivity index (χ1) is 14.1. The fourth-order valence-electron chi connectivity index (χ4n) is 3.50. The first kappa shape index (κ1) is 21.6. The molecule has 0 spiro atoms. The van der Waals surface area contributed by atoms with Gasteiger partial charge in [0, 0.05) is 30.4 Å². The number of thioether (sulfide) groups is 2. The molecule has 30 heavy (non-hydrogen) atoms. The molecule has 0 radical (unpaired) electrons. The van der Waals surface area contributed by atoms with Crippen molar-refractivity contribution in [1.82, 2.24) is 0 Å². The van der Waals surface area contributed by atoms with Crippen molar-refractivity contribution in [2.24, 2.45) is 0 Å². The Hall–Kier alpha value is -1.66. The van der Waals surface area contributed by atoms with Crippen molar-refractivity contribution in [3.63, 3.8) is 0 Å². The van der Waals surface area contributed by atoms with E-state index in [1.807, 2.05) is 35.7 Å². The summed E-state index contributed by atoms with van der Waals surface area (Å²) in [6.45, 7) is 15.6. The Labute approximate surface area is 188 Å². The number of fused-ring (bicyclic) bond motifs is 2. The van der Waals surface area contributed by atoms with E-state index in [4.69, 9.17) is 18.9 Å². The zero-order valence-electron chi connectivity index (χ0n) is 18.6. The van der Waals surface area contributed by atoms with Crippen molar-refractivity contribution in [3.8, 4) is 34.1 Å². The first-order valence-electron chi connectivity index (χ1n) is 10.4. The van der Waals surface area contributed by atoms with Crippen LogP contribution in [0.15, 0.2) is 34.1 Å². The van der Waals surface area contributed by atoms with Crippen LogP contribution in [0.4, 0.5) is 0 Å². The summed E-state index contributed by atoms with van der Waals surface area (Å²) in [5.41, 5.74) is 2.09. The van der Waals surface area contributed by atoms with Crippen LogP contribution < -0.4 is 18.9 Å². The molecule has 2 aliphatic heterocycles. The lowest BCUT2D eigenvalue weighted by molar-refractivity contribution is 0.169. The van der Waals surface area contributed by atoms with Gasteiger partial charge in [-0.05, 0) is 24.3 Å². The third-order valence-corrected chi connectivity index (χ3v) is 6.77. The maximum Gasteiger partial charge on any atom is 0.170 e. The Kier molecular flexibility index (Phi) is 5.84. The number of benzene rings is 2. The monoisotopic (exact) mass is 446 g/mol. The van der Waals surface area contributed by atoms with Crippen LogP contribution in [0.1, 0.15) is 41.5 Å². The van der Waals surface area contributed by atoms with E-state index >= 15 is 0 Å². The van der Waals surface area contributed by atoms with E-state index in [1.54, 1.807) is 0 Å². The highest BCUT2D eigenvalue weighted by Gasteiger charge is 2.31. The van der Waals surface area contributed by atoms with Crippen molar-refractivity contribution >= 4 is 23.5 Å². The summed E-state index contributed by atoms with van der Waals surface area (Å²) >= 11 is 3.66. The largest absolute Gasteiger partial charge is 0.486 e. The summed E-state index contributed by atoms with van der Waals surface area (Å²) in [6.07, 6.45) is 0. The molecule has 2 heterocycles. The van der Waals surface area contributed by atoms with Crippen molar-refractivity contribution in [2.75, 3.05) is 26.4 Å². The summed E-state index contributed by atoms with van der Waals surface area (Å²) in [7, 11) is 0. The van der Waals surface area contributed by atoms with Gasteiger partial charge in [0.05, 0.1) is 0 Å². The number of ether oxygens (including phenoxy) is 4. The van der Waals surface area contributed by atoms with E-state index in [-0.39, 0.29) is 9.49 Å². The summed E-state index contributed by atoms with van der Waals surface area (Å²) in [4.78, 5) is 2.31. The first-order valence-corrected chi connectivity index (χ1v) is 12.0. The minimum Gasteiger partial charge on any atom is -0.486 e. The van der Waals surface area contributed by atoms with Crippen molar-refractivity contribution in [3.05, 3.63) is 24.3 Å². The maximum atomic E-state index is 6.20. The minimum atomic E-state index is 0.0437. The van der Waals surface area contributed by atoms with Crippen molar-refractivity contribution < 1.29 is 18.9 Å². The second kappa shape index (κ2) is 8.12. The molecule has 0 N–H and O–H groups in total. The third-order valence-electron chi connectivity index (χ3n) is 4.42. The molecule has 0 aliphatic carbocycles. The molecular formula is C24H30O4S2. The predicted octanol–water partition coefficient (Wildman–Crippen LogP) is 6.68. The molecule has 6 heteroatoms. The molecule has 0 amide bonds. The molecule has 4 rings (SSSR count). The Morgan fingerprint density at radius 1 is 0.567 bits per heavy atom. The highest BCUT2D eigenvalue weighted by molar-refractivity contribution is 8.01. The molecule has 2 aromatic rings. The van der Waals surface area contributed by atoms with Gasteiger partial charge in [0.25, 0.3) is 0 Å². The molecule has 0 bridgehead atoms. The van der Waals surface area contributed by atoms with Crippen LogP contribution in [0, 0.1) is 0 Å². The summed E-state index contributed by atoms with van der Waals surface area (Å²) < 4.78 is 24.4. The smallest absolute Gasteiger partial charge is 0.170 e. The molecule has 2 aliphatic rings. The van der Waals surface area contributed by atoms with E-state index < -0.39 is 0 Å². The van der Waals surface area contributed by atoms with E-state index in [2.05, 4.69) is 53.7 Å². The maximum absolute atomic E-state index is 6.20. The Morgan fingerprint density at radius 2 is 0.933 bits per heavy atom. The standard InChI is InChI=1S/C24H30O4S2/c1-23(2,3)29-17-9-7-15-21(27-13-11-25-15)19(17)20-18(30-24(4,5)6)10-8-16-22(20)28-14-12-26-16/h7-10H,11-14H2,1-6H3. The molecular weight excluding hydrogens is 416 g/mol. The molecule has 0 atom stereocenters. The highest BCUT2D eigenvalue weighted by atomic mass is 32.2. The fraction of sp³-hybridized carbons (Fsp3) is 0.500. The van der Waals surface area contributed by atoms with Crippen LogP contribution in [-0.4, -0.2) is 35.9 Å². The summed E-state index contributed by atoms with van der Waals surface area (Å²) in [6, 6.07) is 8.34. The summed E-state index contributed by atoms with van der Waals surface area (Å²) in [5, 5.41) is 0. The van der Waals surface area contributed by atoms with Gasteiger partial charge >= 0.3 is 0 Å². The molecule has 0 fully saturated rings. The molecule has 0 saturated carbocycles. The minimum absolute atomic E-state index is 0.0437. The van der Waals surface area contributed by atoms with Gasteiger partial charge in [-0.25, -0.2) is 0 Å². The molecule has 0 saturated heterocycles. The van der Waals surface area contributed by atoms with E-state index in [0.717, 1.165) is 43.9 Å². The lowest BCUT2D eigenvalue weighted by Gasteiger charge is -2.30. The molecule has 0 unspecified atom stereocenters. The van der Waals surface area contributed by atoms with Gasteiger partial charge in [-0.15, -0.1) is 23.5 Å². The van der Waals surface area contributed by atoms with E-state index in [1.165, 1.54) is 0 Å². The number of hydrogen-bond acceptors (Lipinski definition) is 6. The Bertz CT molecular complexity index is 864. The second-order valence-electron chi connectivity index (χ2n) is 9.35. The van der Waals surface area contributed by atoms with Gasteiger partial charge in [0.1, 0.15) is 26.4 Å². The van der Waals surface area contributed by atoms with Crippen LogP contribution in [0.25, 0.3) is 11.1 Å². The van der Waals surface area contributed by atoms with Gasteiger partial charge < -0.3 is 18.9 Å². The number of hydrogen-bond donors (Lipinski definition) is 0. The van der Waals surface area contributed by atoms with Crippen LogP contribution in [0.3, 0.4) is 0 Å². The normalized spacial score (nSPS) is 15.8. The quantitative estimate of drug-likeness (QED) is 0.490. The van der Waals surface area contributed by atoms with Crippen LogP contribution >= 0.6 is 23.5 Å². The van der Waals surface area contributed by atoms with E-state index in [9.17, 15) is 0 Å². The highest BCUT2D eigenvalue weighted by Crippen LogP contribution is 2.56. The molecule has 2 aromatic carbocycles. The third kappa shape index (κ3) is 4.65. The van der Waals surface area contributed by atoms with Crippen molar-refractivity contribution in [2.45, 2.75) is 60.8 Å². The molecule has 4 nitrogen and oxygen atoms in total. The molecule has 162 valence electrons.